The van der Waals surface area contributed by atoms with Crippen molar-refractivity contribution in [3.8, 4) is 5.75 Å². The second kappa shape index (κ2) is 8.94. The largest absolute Gasteiger partial charge is 0.483 e. The maximum Gasteiger partial charge on any atom is 0.260 e. The van der Waals surface area contributed by atoms with Crippen LogP contribution in [-0.2, 0) is 11.3 Å². The highest BCUT2D eigenvalue weighted by Gasteiger charge is 2.13. The summed E-state index contributed by atoms with van der Waals surface area (Å²) in [5.74, 6) is 0.763. The summed E-state index contributed by atoms with van der Waals surface area (Å²) in [5, 5.41) is 0. The van der Waals surface area contributed by atoms with Crippen LogP contribution in [0.2, 0.25) is 0 Å². The van der Waals surface area contributed by atoms with Crippen molar-refractivity contribution in [3.63, 3.8) is 0 Å². The molecule has 27 heavy (non-hydrogen) atoms. The van der Waals surface area contributed by atoms with Crippen molar-refractivity contribution in [1.82, 2.24) is 4.90 Å². The number of anilines is 1. The molecule has 2 aromatic carbocycles. The average Bonchev–Trinajstić information content (AvgIpc) is 2.69. The average molecular weight is 367 g/mol. The molecule has 0 aliphatic carbocycles. The Hall–Kier alpha value is -2.49. The molecule has 0 N–H and O–H groups in total. The van der Waals surface area contributed by atoms with E-state index in [-0.39, 0.29) is 12.5 Å². The standard InChI is InChI=1S/C23H30N2O2/c1-18-7-8-19(2)22(15-18)27-17-23(26)24(3)16-20-9-11-21(12-10-20)25-13-5-4-6-14-25/h7-12,15H,4-6,13-14,16-17H2,1-3H3. The highest BCUT2D eigenvalue weighted by molar-refractivity contribution is 5.77. The first-order chi connectivity index (χ1) is 13.0. The van der Waals surface area contributed by atoms with Crippen LogP contribution in [0.3, 0.4) is 0 Å². The fourth-order valence-electron chi connectivity index (χ4n) is 3.44. The van der Waals surface area contributed by atoms with Gasteiger partial charge in [0.2, 0.25) is 0 Å². The van der Waals surface area contributed by atoms with E-state index in [9.17, 15) is 4.79 Å². The van der Waals surface area contributed by atoms with Crippen LogP contribution < -0.4 is 9.64 Å². The number of ether oxygens (including phenoxy) is 1. The molecule has 144 valence electrons. The third kappa shape index (κ3) is 5.25. The van der Waals surface area contributed by atoms with Crippen molar-refractivity contribution in [1.29, 1.82) is 0 Å². The predicted octanol–water partition coefficient (Wildman–Crippen LogP) is 4.33. The molecule has 1 heterocycles. The van der Waals surface area contributed by atoms with Gasteiger partial charge in [-0.1, -0.05) is 24.3 Å². The summed E-state index contributed by atoms with van der Waals surface area (Å²) in [7, 11) is 1.83. The molecule has 1 aliphatic rings. The SMILES string of the molecule is Cc1ccc(C)c(OCC(=O)N(C)Cc2ccc(N3CCCCC3)cc2)c1. The Morgan fingerprint density at radius 3 is 2.44 bits per heavy atom. The summed E-state index contributed by atoms with van der Waals surface area (Å²) in [6.07, 6.45) is 3.89. The third-order valence-electron chi connectivity index (χ3n) is 5.20. The van der Waals surface area contributed by atoms with Crippen molar-refractivity contribution >= 4 is 11.6 Å². The van der Waals surface area contributed by atoms with Gasteiger partial charge in [0.1, 0.15) is 5.75 Å². The van der Waals surface area contributed by atoms with Crippen molar-refractivity contribution in [2.75, 3.05) is 31.6 Å². The molecular formula is C23H30N2O2. The Kier molecular flexibility index (Phi) is 6.38. The van der Waals surface area contributed by atoms with E-state index < -0.39 is 0 Å². The van der Waals surface area contributed by atoms with Crippen molar-refractivity contribution in [3.05, 3.63) is 59.2 Å². The number of aryl methyl sites for hydroxylation is 2. The second-order valence-electron chi connectivity index (χ2n) is 7.52. The fourth-order valence-corrected chi connectivity index (χ4v) is 3.44. The van der Waals surface area contributed by atoms with E-state index in [1.807, 2.05) is 39.1 Å². The van der Waals surface area contributed by atoms with Crippen LogP contribution in [0.5, 0.6) is 5.75 Å². The molecule has 1 amide bonds. The van der Waals surface area contributed by atoms with Gasteiger partial charge in [-0.2, -0.15) is 0 Å². The Balaban J connectivity index is 1.52. The zero-order valence-corrected chi connectivity index (χ0v) is 16.7. The van der Waals surface area contributed by atoms with Crippen LogP contribution >= 0.6 is 0 Å². The lowest BCUT2D eigenvalue weighted by Crippen LogP contribution is -2.31. The molecule has 4 heteroatoms. The first kappa shape index (κ1) is 19.3. The smallest absolute Gasteiger partial charge is 0.260 e. The molecule has 0 unspecified atom stereocenters. The second-order valence-corrected chi connectivity index (χ2v) is 7.52. The van der Waals surface area contributed by atoms with Gasteiger partial charge >= 0.3 is 0 Å². The minimum Gasteiger partial charge on any atom is -0.483 e. The fraction of sp³-hybridized carbons (Fsp3) is 0.435. The van der Waals surface area contributed by atoms with Crippen LogP contribution in [-0.4, -0.2) is 37.6 Å². The van der Waals surface area contributed by atoms with E-state index in [4.69, 9.17) is 4.74 Å². The number of piperidine rings is 1. The number of hydrogen-bond donors (Lipinski definition) is 0. The number of nitrogens with zero attached hydrogens (tertiary/aromatic N) is 2. The summed E-state index contributed by atoms with van der Waals surface area (Å²) in [6.45, 7) is 6.96. The number of amides is 1. The number of benzene rings is 2. The van der Waals surface area contributed by atoms with E-state index in [1.165, 1.54) is 24.9 Å². The first-order valence-corrected chi connectivity index (χ1v) is 9.81. The lowest BCUT2D eigenvalue weighted by Gasteiger charge is -2.29. The molecule has 1 fully saturated rings. The summed E-state index contributed by atoms with van der Waals surface area (Å²) in [6, 6.07) is 14.6. The molecule has 0 radical (unpaired) electrons. The van der Waals surface area contributed by atoms with Crippen LogP contribution in [0.15, 0.2) is 42.5 Å². The maximum atomic E-state index is 12.4. The summed E-state index contributed by atoms with van der Waals surface area (Å²) in [5.41, 5.74) is 4.60. The molecule has 0 atom stereocenters. The minimum absolute atomic E-state index is 0.0176. The lowest BCUT2D eigenvalue weighted by molar-refractivity contribution is -0.132. The molecule has 2 aromatic rings. The Morgan fingerprint density at radius 1 is 1.04 bits per heavy atom. The number of rotatable bonds is 6. The van der Waals surface area contributed by atoms with Gasteiger partial charge in [0.05, 0.1) is 0 Å². The number of likely N-dealkylation sites (N-methyl/N-ethyl adjacent to an activating group) is 1. The van der Waals surface area contributed by atoms with Gasteiger partial charge in [0.15, 0.2) is 6.61 Å². The first-order valence-electron chi connectivity index (χ1n) is 9.81. The molecule has 0 saturated carbocycles. The van der Waals surface area contributed by atoms with Gasteiger partial charge in [0, 0.05) is 32.4 Å². The van der Waals surface area contributed by atoms with E-state index in [0.717, 1.165) is 35.5 Å². The number of carbonyl (C=O) groups excluding carboxylic acids is 1. The van der Waals surface area contributed by atoms with E-state index >= 15 is 0 Å². The normalized spacial score (nSPS) is 14.1. The highest BCUT2D eigenvalue weighted by Crippen LogP contribution is 2.21. The molecule has 1 saturated heterocycles. The van der Waals surface area contributed by atoms with Crippen LogP contribution in [0.1, 0.15) is 36.0 Å². The van der Waals surface area contributed by atoms with Crippen molar-refractivity contribution < 1.29 is 9.53 Å². The van der Waals surface area contributed by atoms with Gasteiger partial charge in [0.25, 0.3) is 5.91 Å². The van der Waals surface area contributed by atoms with Crippen LogP contribution in [0.4, 0.5) is 5.69 Å². The topological polar surface area (TPSA) is 32.8 Å². The molecule has 4 nitrogen and oxygen atoms in total. The Bertz CT molecular complexity index is 764. The molecule has 0 spiro atoms. The zero-order valence-electron chi connectivity index (χ0n) is 16.7. The summed E-state index contributed by atoms with van der Waals surface area (Å²) in [4.78, 5) is 16.6. The Morgan fingerprint density at radius 2 is 1.74 bits per heavy atom. The van der Waals surface area contributed by atoms with Crippen LogP contribution in [0, 0.1) is 13.8 Å². The van der Waals surface area contributed by atoms with Gasteiger partial charge < -0.3 is 14.5 Å². The lowest BCUT2D eigenvalue weighted by atomic mass is 10.1. The zero-order chi connectivity index (χ0) is 19.2. The molecule has 0 bridgehead atoms. The minimum atomic E-state index is -0.0176. The van der Waals surface area contributed by atoms with E-state index in [2.05, 4.69) is 29.2 Å². The van der Waals surface area contributed by atoms with Crippen LogP contribution in [0.25, 0.3) is 0 Å². The molecule has 3 rings (SSSR count). The van der Waals surface area contributed by atoms with E-state index in [0.29, 0.717) is 6.54 Å². The maximum absolute atomic E-state index is 12.4. The summed E-state index contributed by atoms with van der Waals surface area (Å²) < 4.78 is 5.74. The van der Waals surface area contributed by atoms with Gasteiger partial charge in [-0.15, -0.1) is 0 Å². The van der Waals surface area contributed by atoms with E-state index in [1.54, 1.807) is 4.90 Å². The van der Waals surface area contributed by atoms with Crippen molar-refractivity contribution in [2.45, 2.75) is 39.7 Å². The molecular weight excluding hydrogens is 336 g/mol. The monoisotopic (exact) mass is 366 g/mol. The summed E-state index contributed by atoms with van der Waals surface area (Å²) >= 11 is 0. The number of hydrogen-bond acceptors (Lipinski definition) is 3. The Labute approximate surface area is 162 Å². The number of carbonyl (C=O) groups is 1. The van der Waals surface area contributed by atoms with Gasteiger partial charge in [-0.05, 0) is 68.0 Å². The third-order valence-corrected chi connectivity index (χ3v) is 5.20. The van der Waals surface area contributed by atoms with Gasteiger partial charge in [-0.3, -0.25) is 4.79 Å². The predicted molar refractivity (Wildman–Crippen MR) is 110 cm³/mol. The highest BCUT2D eigenvalue weighted by atomic mass is 16.5. The molecule has 1 aliphatic heterocycles. The van der Waals surface area contributed by atoms with Crippen molar-refractivity contribution in [2.24, 2.45) is 0 Å². The van der Waals surface area contributed by atoms with Gasteiger partial charge in [-0.25, -0.2) is 0 Å². The quantitative estimate of drug-likeness (QED) is 0.763. The molecule has 0 aromatic heterocycles.